The van der Waals surface area contributed by atoms with E-state index in [0.29, 0.717) is 12.4 Å². The van der Waals surface area contributed by atoms with E-state index >= 15 is 0 Å². The van der Waals surface area contributed by atoms with Gasteiger partial charge in [-0.05, 0) is 48.9 Å². The molecule has 0 unspecified atom stereocenters. The van der Waals surface area contributed by atoms with E-state index in [-0.39, 0.29) is 11.9 Å². The van der Waals surface area contributed by atoms with Crippen molar-refractivity contribution in [2.24, 2.45) is 0 Å². The van der Waals surface area contributed by atoms with E-state index in [0.717, 1.165) is 40.4 Å². The molecule has 27 heavy (non-hydrogen) atoms. The predicted molar refractivity (Wildman–Crippen MR) is 109 cm³/mol. The molecule has 3 aromatic rings. The van der Waals surface area contributed by atoms with Crippen molar-refractivity contribution in [1.82, 2.24) is 14.9 Å². The number of hydrogen-bond acceptors (Lipinski definition) is 6. The molecule has 0 radical (unpaired) electrons. The largest absolute Gasteiger partial charge is 0.494 e. The molecule has 1 fully saturated rings. The summed E-state index contributed by atoms with van der Waals surface area (Å²) in [5.74, 6) is 1.43. The number of amides is 1. The van der Waals surface area contributed by atoms with E-state index < -0.39 is 0 Å². The summed E-state index contributed by atoms with van der Waals surface area (Å²) in [6.07, 6.45) is 3.62. The van der Waals surface area contributed by atoms with Crippen molar-refractivity contribution in [3.8, 4) is 5.75 Å². The Bertz CT molecular complexity index is 926. The minimum Gasteiger partial charge on any atom is -0.494 e. The first kappa shape index (κ1) is 18.3. The number of nitrogens with zero attached hydrogens (tertiary/aromatic N) is 3. The van der Waals surface area contributed by atoms with Crippen LogP contribution in [0.15, 0.2) is 47.1 Å². The zero-order chi connectivity index (χ0) is 18.6. The van der Waals surface area contributed by atoms with Gasteiger partial charge >= 0.3 is 0 Å². The lowest BCUT2D eigenvalue weighted by atomic mass is 10.0. The summed E-state index contributed by atoms with van der Waals surface area (Å²) in [6, 6.07) is 10.3. The predicted octanol–water partition coefficient (Wildman–Crippen LogP) is 4.55. The molecular weight excluding hydrogens is 378 g/mol. The molecule has 1 atom stereocenters. The highest BCUT2D eigenvalue weighted by Gasteiger charge is 2.29. The lowest BCUT2D eigenvalue weighted by Crippen LogP contribution is -2.32. The monoisotopic (exact) mass is 399 g/mol. The minimum atomic E-state index is 0.153. The molecule has 5 nitrogen and oxygen atoms in total. The molecule has 0 N–H and O–H groups in total. The maximum absolute atomic E-state index is 12.9. The number of benzene rings is 1. The molecule has 1 amide bonds. The number of fused-ring (bicyclic) bond motifs is 1. The first-order valence-corrected chi connectivity index (χ1v) is 11.0. The lowest BCUT2D eigenvalue weighted by molar-refractivity contribution is -0.129. The van der Waals surface area contributed by atoms with Gasteiger partial charge in [0.25, 0.3) is 0 Å². The average molecular weight is 400 g/mol. The Hall–Kier alpha value is -2.12. The third-order valence-corrected chi connectivity index (χ3v) is 6.52. The average Bonchev–Trinajstić information content (AvgIpc) is 3.36. The second kappa shape index (κ2) is 8.27. The SMILES string of the molecule is CCOc1ccc([C@H]2CCCN2C(=O)CSc2ncnc3sccc23)cc1. The number of likely N-dealkylation sites (tertiary alicyclic amines) is 1. The Balaban J connectivity index is 1.43. The number of thiophene rings is 1. The van der Waals surface area contributed by atoms with Crippen molar-refractivity contribution in [2.45, 2.75) is 30.8 Å². The molecule has 1 aliphatic heterocycles. The van der Waals surface area contributed by atoms with E-state index in [2.05, 4.69) is 22.1 Å². The second-order valence-electron chi connectivity index (χ2n) is 6.35. The molecular formula is C20H21N3O2S2. The molecule has 2 aromatic heterocycles. The standard InChI is InChI=1S/C20H21N3O2S2/c1-2-25-15-7-5-14(6-8-15)17-4-3-10-23(17)18(24)12-27-20-16-9-11-26-19(16)21-13-22-20/h5-9,11,13,17H,2-4,10,12H2,1H3/t17-/m1/s1. The van der Waals surface area contributed by atoms with Crippen LogP contribution in [0.3, 0.4) is 0 Å². The van der Waals surface area contributed by atoms with Crippen molar-refractivity contribution in [1.29, 1.82) is 0 Å². The maximum atomic E-state index is 12.9. The van der Waals surface area contributed by atoms with Crippen molar-refractivity contribution in [3.05, 3.63) is 47.6 Å². The molecule has 1 saturated heterocycles. The van der Waals surface area contributed by atoms with Gasteiger partial charge in [0.05, 0.1) is 18.4 Å². The van der Waals surface area contributed by atoms with Gasteiger partial charge in [0.15, 0.2) is 0 Å². The first-order valence-electron chi connectivity index (χ1n) is 9.09. The van der Waals surface area contributed by atoms with Crippen LogP contribution in [0, 0.1) is 0 Å². The molecule has 1 aliphatic rings. The lowest BCUT2D eigenvalue weighted by Gasteiger charge is -2.25. The van der Waals surface area contributed by atoms with Crippen molar-refractivity contribution in [3.63, 3.8) is 0 Å². The summed E-state index contributed by atoms with van der Waals surface area (Å²) in [5.41, 5.74) is 1.18. The molecule has 0 spiro atoms. The van der Waals surface area contributed by atoms with Crippen LogP contribution in [0.25, 0.3) is 10.2 Å². The van der Waals surface area contributed by atoms with Gasteiger partial charge < -0.3 is 9.64 Å². The van der Waals surface area contributed by atoms with Crippen LogP contribution >= 0.6 is 23.1 Å². The number of carbonyl (C=O) groups is 1. The summed E-state index contributed by atoms with van der Waals surface area (Å²) in [6.45, 7) is 3.45. The van der Waals surface area contributed by atoms with Crippen molar-refractivity contribution >= 4 is 39.2 Å². The fraction of sp³-hybridized carbons (Fsp3) is 0.350. The number of aromatic nitrogens is 2. The summed E-state index contributed by atoms with van der Waals surface area (Å²) in [5, 5.41) is 3.92. The zero-order valence-electron chi connectivity index (χ0n) is 15.1. The van der Waals surface area contributed by atoms with Gasteiger partial charge in [-0.1, -0.05) is 23.9 Å². The highest BCUT2D eigenvalue weighted by atomic mass is 32.2. The normalized spacial score (nSPS) is 16.8. The molecule has 0 aliphatic carbocycles. The van der Waals surface area contributed by atoms with Gasteiger partial charge in [-0.3, -0.25) is 4.79 Å². The Morgan fingerprint density at radius 3 is 2.96 bits per heavy atom. The van der Waals surface area contributed by atoms with Crippen LogP contribution in [-0.2, 0) is 4.79 Å². The summed E-state index contributed by atoms with van der Waals surface area (Å²) in [7, 11) is 0. The molecule has 1 aromatic carbocycles. The number of rotatable bonds is 6. The van der Waals surface area contributed by atoms with Crippen LogP contribution in [0.1, 0.15) is 31.4 Å². The quantitative estimate of drug-likeness (QED) is 0.450. The van der Waals surface area contributed by atoms with Crippen molar-refractivity contribution < 1.29 is 9.53 Å². The molecule has 7 heteroatoms. The Labute approximate surface area is 166 Å². The van der Waals surface area contributed by atoms with Gasteiger partial charge in [-0.25, -0.2) is 9.97 Å². The van der Waals surface area contributed by atoms with E-state index in [1.54, 1.807) is 17.7 Å². The topological polar surface area (TPSA) is 55.3 Å². The van der Waals surface area contributed by atoms with Gasteiger partial charge in [0.2, 0.25) is 5.91 Å². The third-order valence-electron chi connectivity index (χ3n) is 4.71. The molecule has 140 valence electrons. The van der Waals surface area contributed by atoms with E-state index in [4.69, 9.17) is 4.74 Å². The number of hydrogen-bond donors (Lipinski definition) is 0. The van der Waals surface area contributed by atoms with Crippen molar-refractivity contribution in [2.75, 3.05) is 18.9 Å². The second-order valence-corrected chi connectivity index (χ2v) is 8.21. The minimum absolute atomic E-state index is 0.153. The van der Waals surface area contributed by atoms with E-state index in [9.17, 15) is 4.79 Å². The zero-order valence-corrected chi connectivity index (χ0v) is 16.8. The highest BCUT2D eigenvalue weighted by Crippen LogP contribution is 2.34. The van der Waals surface area contributed by atoms with Gasteiger partial charge in [-0.15, -0.1) is 11.3 Å². The number of ether oxygens (including phenoxy) is 1. The third kappa shape index (κ3) is 3.94. The molecule has 0 bridgehead atoms. The maximum Gasteiger partial charge on any atom is 0.233 e. The van der Waals surface area contributed by atoms with Gasteiger partial charge in [0, 0.05) is 11.9 Å². The van der Waals surface area contributed by atoms with Gasteiger partial charge in [0.1, 0.15) is 21.9 Å². The van der Waals surface area contributed by atoms with Crippen LogP contribution in [0.4, 0.5) is 0 Å². The number of thioether (sulfide) groups is 1. The fourth-order valence-electron chi connectivity index (χ4n) is 3.46. The van der Waals surface area contributed by atoms with E-state index in [1.165, 1.54) is 17.3 Å². The van der Waals surface area contributed by atoms with Gasteiger partial charge in [-0.2, -0.15) is 0 Å². The Morgan fingerprint density at radius 1 is 1.30 bits per heavy atom. The van der Waals surface area contributed by atoms with Crippen LogP contribution in [0.5, 0.6) is 5.75 Å². The highest BCUT2D eigenvalue weighted by molar-refractivity contribution is 8.00. The Kier molecular flexibility index (Phi) is 5.59. The summed E-state index contributed by atoms with van der Waals surface area (Å²) < 4.78 is 5.52. The Morgan fingerprint density at radius 2 is 2.15 bits per heavy atom. The summed E-state index contributed by atoms with van der Waals surface area (Å²) in [4.78, 5) is 24.5. The van der Waals surface area contributed by atoms with Crippen LogP contribution < -0.4 is 4.74 Å². The smallest absolute Gasteiger partial charge is 0.233 e. The molecule has 4 rings (SSSR count). The molecule has 0 saturated carbocycles. The molecule has 3 heterocycles. The van der Waals surface area contributed by atoms with E-state index in [1.807, 2.05) is 35.4 Å². The van der Waals surface area contributed by atoms with Crippen LogP contribution in [-0.4, -0.2) is 39.7 Å². The first-order chi connectivity index (χ1) is 13.3. The van der Waals surface area contributed by atoms with Crippen LogP contribution in [0.2, 0.25) is 0 Å². The summed E-state index contributed by atoms with van der Waals surface area (Å²) >= 11 is 3.09. The number of carbonyl (C=O) groups excluding carboxylic acids is 1. The fourth-order valence-corrected chi connectivity index (χ4v) is 5.13.